The zero-order valence-electron chi connectivity index (χ0n) is 12.1. The van der Waals surface area contributed by atoms with Gasteiger partial charge < -0.3 is 10.1 Å². The van der Waals surface area contributed by atoms with Crippen LogP contribution in [0.3, 0.4) is 0 Å². The number of aromatic nitrogens is 1. The van der Waals surface area contributed by atoms with E-state index in [4.69, 9.17) is 16.7 Å². The minimum Gasteiger partial charge on any atom is -0.395 e. The summed E-state index contributed by atoms with van der Waals surface area (Å²) in [5, 5.41) is 9.74. The average molecular weight is 327 g/mol. The molecule has 1 aromatic heterocycles. The summed E-state index contributed by atoms with van der Waals surface area (Å²) in [6, 6.07) is 5.66. The number of halogens is 1. The number of nitrogens with one attached hydrogen (secondary N) is 1. The number of hydrogen-bond acceptors (Lipinski definition) is 4. The van der Waals surface area contributed by atoms with E-state index < -0.39 is 0 Å². The third kappa shape index (κ3) is 3.95. The summed E-state index contributed by atoms with van der Waals surface area (Å²) < 4.78 is 0. The molecule has 2 rings (SSSR count). The normalized spacial score (nSPS) is 11.3. The van der Waals surface area contributed by atoms with Crippen molar-refractivity contribution in [2.24, 2.45) is 0 Å². The third-order valence-corrected chi connectivity index (χ3v) is 4.52. The summed E-state index contributed by atoms with van der Waals surface area (Å²) >= 11 is 7.29. The summed E-state index contributed by atoms with van der Waals surface area (Å²) in [6.07, 6.45) is 0. The van der Waals surface area contributed by atoms with Crippen LogP contribution in [0.1, 0.15) is 17.4 Å². The fraction of sp³-hybridized carbons (Fsp3) is 0.400. The first-order valence-electron chi connectivity index (χ1n) is 6.86. The van der Waals surface area contributed by atoms with E-state index in [1.807, 2.05) is 32.0 Å². The van der Waals surface area contributed by atoms with Crippen LogP contribution in [0.15, 0.2) is 23.0 Å². The summed E-state index contributed by atoms with van der Waals surface area (Å²) in [6.45, 7) is 6.20. The van der Waals surface area contributed by atoms with Crippen LogP contribution in [0.4, 0.5) is 0 Å². The molecule has 2 N–H and O–H groups in total. The number of likely N-dealkylation sites (N-methyl/N-ethyl adjacent to an activating group) is 1. The highest BCUT2D eigenvalue weighted by molar-refractivity contribution is 7.09. The van der Waals surface area contributed by atoms with Gasteiger partial charge in [0.2, 0.25) is 0 Å². The number of rotatable bonds is 6. The Bertz CT molecular complexity index is 666. The van der Waals surface area contributed by atoms with Crippen LogP contribution in [-0.4, -0.2) is 34.7 Å². The molecule has 0 aliphatic rings. The van der Waals surface area contributed by atoms with Crippen LogP contribution in [-0.2, 0) is 6.54 Å². The van der Waals surface area contributed by atoms with Crippen molar-refractivity contribution in [3.8, 4) is 11.3 Å². The van der Waals surface area contributed by atoms with E-state index >= 15 is 0 Å². The summed E-state index contributed by atoms with van der Waals surface area (Å²) in [7, 11) is 0. The summed E-state index contributed by atoms with van der Waals surface area (Å²) in [5.74, 6) is 0. The Morgan fingerprint density at radius 1 is 1.43 bits per heavy atom. The predicted molar refractivity (Wildman–Crippen MR) is 88.2 cm³/mol. The Morgan fingerprint density at radius 2 is 2.19 bits per heavy atom. The number of aliphatic hydroxyl groups excluding tert-OH is 1. The monoisotopic (exact) mass is 326 g/mol. The highest BCUT2D eigenvalue weighted by Gasteiger charge is 2.15. The number of H-pyrrole nitrogens is 1. The van der Waals surface area contributed by atoms with Gasteiger partial charge in [0.05, 0.1) is 12.3 Å². The molecule has 0 atom stereocenters. The molecule has 1 heterocycles. The lowest BCUT2D eigenvalue weighted by molar-refractivity contribution is 0.198. The van der Waals surface area contributed by atoms with Crippen molar-refractivity contribution in [1.29, 1.82) is 0 Å². The van der Waals surface area contributed by atoms with Gasteiger partial charge >= 0.3 is 4.87 Å². The van der Waals surface area contributed by atoms with Crippen LogP contribution in [0.5, 0.6) is 0 Å². The van der Waals surface area contributed by atoms with E-state index in [-0.39, 0.29) is 11.5 Å². The molecule has 21 heavy (non-hydrogen) atoms. The molecule has 0 bridgehead atoms. The van der Waals surface area contributed by atoms with Gasteiger partial charge in [-0.15, -0.1) is 0 Å². The number of benzene rings is 1. The van der Waals surface area contributed by atoms with Gasteiger partial charge in [-0.1, -0.05) is 35.9 Å². The van der Waals surface area contributed by atoms with E-state index in [0.717, 1.165) is 28.2 Å². The molecule has 0 aliphatic carbocycles. The van der Waals surface area contributed by atoms with Crippen LogP contribution < -0.4 is 4.87 Å². The maximum Gasteiger partial charge on any atom is 0.305 e. The van der Waals surface area contributed by atoms with Crippen LogP contribution >= 0.6 is 22.9 Å². The second kappa shape index (κ2) is 7.22. The Hall–Kier alpha value is -1.14. The van der Waals surface area contributed by atoms with Crippen molar-refractivity contribution in [3.63, 3.8) is 0 Å². The quantitative estimate of drug-likeness (QED) is 0.858. The lowest BCUT2D eigenvalue weighted by atomic mass is 10.0. The Kier molecular flexibility index (Phi) is 5.58. The molecular weight excluding hydrogens is 308 g/mol. The predicted octanol–water partition coefficient (Wildman–Crippen LogP) is 2.88. The largest absolute Gasteiger partial charge is 0.395 e. The first-order chi connectivity index (χ1) is 10.0. The van der Waals surface area contributed by atoms with Crippen molar-refractivity contribution in [2.45, 2.75) is 20.4 Å². The third-order valence-electron chi connectivity index (χ3n) is 3.42. The molecule has 114 valence electrons. The second-order valence-electron chi connectivity index (χ2n) is 4.86. The van der Waals surface area contributed by atoms with E-state index in [1.54, 1.807) is 0 Å². The fourth-order valence-corrected chi connectivity index (χ4v) is 3.31. The topological polar surface area (TPSA) is 56.3 Å². The molecule has 0 saturated heterocycles. The SMILES string of the molecule is CCN(CCO)Cc1sc(=O)[nH]c1-c1cc(Cl)ccc1C. The van der Waals surface area contributed by atoms with Crippen LogP contribution in [0.25, 0.3) is 11.3 Å². The molecule has 0 amide bonds. The minimum atomic E-state index is -0.0700. The number of nitrogens with zero attached hydrogens (tertiary/aromatic N) is 1. The average Bonchev–Trinajstić information content (AvgIpc) is 2.81. The number of aliphatic hydroxyl groups is 1. The second-order valence-corrected chi connectivity index (χ2v) is 6.37. The molecule has 0 saturated carbocycles. The number of thiazole rings is 1. The molecule has 0 radical (unpaired) electrons. The first-order valence-corrected chi connectivity index (χ1v) is 8.06. The molecule has 4 nitrogen and oxygen atoms in total. The summed E-state index contributed by atoms with van der Waals surface area (Å²) in [4.78, 5) is 17.7. The van der Waals surface area contributed by atoms with Crippen LogP contribution in [0, 0.1) is 6.92 Å². The Balaban J connectivity index is 2.41. The first kappa shape index (κ1) is 16.2. The highest BCUT2D eigenvalue weighted by Crippen LogP contribution is 2.29. The van der Waals surface area contributed by atoms with Crippen molar-refractivity contribution < 1.29 is 5.11 Å². The molecule has 1 aromatic carbocycles. The Labute approximate surface area is 133 Å². The van der Waals surface area contributed by atoms with E-state index in [2.05, 4.69) is 9.88 Å². The molecule has 6 heteroatoms. The van der Waals surface area contributed by atoms with Gasteiger partial charge in [0.1, 0.15) is 0 Å². The van der Waals surface area contributed by atoms with Gasteiger partial charge in [0.15, 0.2) is 0 Å². The molecule has 2 aromatic rings. The van der Waals surface area contributed by atoms with Gasteiger partial charge in [0, 0.05) is 28.6 Å². The number of aromatic amines is 1. The van der Waals surface area contributed by atoms with Crippen molar-refractivity contribution in [3.05, 3.63) is 43.3 Å². The van der Waals surface area contributed by atoms with Crippen molar-refractivity contribution >= 4 is 22.9 Å². The molecule has 0 fully saturated rings. The highest BCUT2D eigenvalue weighted by atomic mass is 35.5. The zero-order chi connectivity index (χ0) is 15.4. The smallest absolute Gasteiger partial charge is 0.305 e. The van der Waals surface area contributed by atoms with Gasteiger partial charge in [-0.3, -0.25) is 9.69 Å². The molecule has 0 aliphatic heterocycles. The van der Waals surface area contributed by atoms with E-state index in [1.165, 1.54) is 11.3 Å². The molecule has 0 unspecified atom stereocenters. The maximum absolute atomic E-state index is 11.8. The van der Waals surface area contributed by atoms with Gasteiger partial charge in [-0.25, -0.2) is 0 Å². The van der Waals surface area contributed by atoms with E-state index in [0.29, 0.717) is 18.1 Å². The van der Waals surface area contributed by atoms with Crippen molar-refractivity contribution in [2.75, 3.05) is 19.7 Å². The van der Waals surface area contributed by atoms with E-state index in [9.17, 15) is 4.79 Å². The lowest BCUT2D eigenvalue weighted by Crippen LogP contribution is -2.25. The molecular formula is C15H19ClN2O2S. The Morgan fingerprint density at radius 3 is 2.86 bits per heavy atom. The maximum atomic E-state index is 11.8. The van der Waals surface area contributed by atoms with Gasteiger partial charge in [-0.2, -0.15) is 0 Å². The summed E-state index contributed by atoms with van der Waals surface area (Å²) in [5.41, 5.74) is 2.86. The number of aryl methyl sites for hydroxylation is 1. The lowest BCUT2D eigenvalue weighted by Gasteiger charge is -2.19. The zero-order valence-corrected chi connectivity index (χ0v) is 13.7. The van der Waals surface area contributed by atoms with Crippen LogP contribution in [0.2, 0.25) is 5.02 Å². The van der Waals surface area contributed by atoms with Crippen molar-refractivity contribution in [1.82, 2.24) is 9.88 Å². The molecule has 0 spiro atoms. The number of hydrogen-bond donors (Lipinski definition) is 2. The van der Waals surface area contributed by atoms with Gasteiger partial charge in [-0.05, 0) is 31.2 Å². The van der Waals surface area contributed by atoms with Gasteiger partial charge in [0.25, 0.3) is 0 Å². The standard InChI is InChI=1S/C15H19ClN2O2S/c1-3-18(6-7-19)9-13-14(17-15(20)21-13)12-8-11(16)5-4-10(12)2/h4-5,8,19H,3,6-7,9H2,1-2H3,(H,17,20). The fourth-order valence-electron chi connectivity index (χ4n) is 2.25. The minimum absolute atomic E-state index is 0.0700.